The van der Waals surface area contributed by atoms with Crippen LogP contribution >= 0.6 is 0 Å². The molecule has 5 amide bonds. The van der Waals surface area contributed by atoms with E-state index in [-0.39, 0.29) is 30.2 Å². The van der Waals surface area contributed by atoms with Gasteiger partial charge in [0.1, 0.15) is 12.1 Å². The molecule has 1 aromatic carbocycles. The van der Waals surface area contributed by atoms with Gasteiger partial charge >= 0.3 is 6.03 Å². The Morgan fingerprint density at radius 2 is 1.78 bits per heavy atom. The molecule has 3 aliphatic rings. The van der Waals surface area contributed by atoms with Crippen LogP contribution in [0.25, 0.3) is 0 Å². The van der Waals surface area contributed by atoms with Crippen LogP contribution in [-0.2, 0) is 32.0 Å². The van der Waals surface area contributed by atoms with Crippen molar-refractivity contribution in [2.75, 3.05) is 19.6 Å². The van der Waals surface area contributed by atoms with Crippen LogP contribution in [0.5, 0.6) is 0 Å². The SMILES string of the molecule is C=CCNC(=O)C(=O)CNC(=O)[C@@H]1[C@H]2CCC[C@H]2CN1C(=O)[C@@H](NC(N)=O)C1Cc2ccccc2C1. The van der Waals surface area contributed by atoms with Crippen molar-refractivity contribution in [3.63, 3.8) is 0 Å². The maximum absolute atomic E-state index is 13.9. The molecule has 5 N–H and O–H groups in total. The molecule has 4 rings (SSSR count). The van der Waals surface area contributed by atoms with E-state index >= 15 is 0 Å². The molecule has 4 atom stereocenters. The number of urea groups is 1. The van der Waals surface area contributed by atoms with Crippen molar-refractivity contribution in [2.45, 2.75) is 44.2 Å². The number of nitrogens with one attached hydrogen (secondary N) is 3. The molecule has 0 aromatic heterocycles. The van der Waals surface area contributed by atoms with Gasteiger partial charge in [-0.1, -0.05) is 36.8 Å². The first-order chi connectivity index (χ1) is 17.3. The van der Waals surface area contributed by atoms with Crippen LogP contribution in [0.4, 0.5) is 4.79 Å². The number of nitrogens with two attached hydrogens (primary N) is 1. The summed E-state index contributed by atoms with van der Waals surface area (Å²) in [6, 6.07) is 5.49. The Hall–Kier alpha value is -3.69. The van der Waals surface area contributed by atoms with Gasteiger partial charge in [0, 0.05) is 13.1 Å². The molecule has 36 heavy (non-hydrogen) atoms. The summed E-state index contributed by atoms with van der Waals surface area (Å²) in [7, 11) is 0. The van der Waals surface area contributed by atoms with E-state index in [1.54, 1.807) is 4.90 Å². The van der Waals surface area contributed by atoms with E-state index in [0.717, 1.165) is 30.4 Å². The largest absolute Gasteiger partial charge is 0.352 e. The van der Waals surface area contributed by atoms with Crippen molar-refractivity contribution in [3.8, 4) is 0 Å². The lowest BCUT2D eigenvalue weighted by Gasteiger charge is -2.32. The Bertz CT molecular complexity index is 1050. The molecular weight excluding hydrogens is 462 g/mol. The maximum Gasteiger partial charge on any atom is 0.312 e. The average Bonchev–Trinajstić information content (AvgIpc) is 3.57. The van der Waals surface area contributed by atoms with Crippen LogP contribution in [0.15, 0.2) is 36.9 Å². The maximum atomic E-state index is 13.9. The van der Waals surface area contributed by atoms with E-state index < -0.39 is 42.3 Å². The van der Waals surface area contributed by atoms with Crippen molar-refractivity contribution in [3.05, 3.63) is 48.0 Å². The molecule has 1 aromatic rings. The molecule has 192 valence electrons. The van der Waals surface area contributed by atoms with Crippen molar-refractivity contribution >= 4 is 29.5 Å². The number of nitrogens with zero attached hydrogens (tertiary/aromatic N) is 1. The minimum atomic E-state index is -0.865. The Morgan fingerprint density at radius 3 is 2.42 bits per heavy atom. The van der Waals surface area contributed by atoms with Gasteiger partial charge in [-0.3, -0.25) is 19.2 Å². The molecule has 0 spiro atoms. The third kappa shape index (κ3) is 5.27. The molecule has 10 nitrogen and oxygen atoms in total. The Kier molecular flexibility index (Phi) is 7.71. The average molecular weight is 496 g/mol. The first kappa shape index (κ1) is 25.4. The van der Waals surface area contributed by atoms with Crippen LogP contribution in [0.2, 0.25) is 0 Å². The summed E-state index contributed by atoms with van der Waals surface area (Å²) in [5, 5.41) is 7.59. The number of benzene rings is 1. The summed E-state index contributed by atoms with van der Waals surface area (Å²) in [5.41, 5.74) is 7.72. The summed E-state index contributed by atoms with van der Waals surface area (Å²) < 4.78 is 0. The first-order valence-electron chi connectivity index (χ1n) is 12.4. The molecule has 1 saturated carbocycles. The number of carbonyl (C=O) groups excluding carboxylic acids is 5. The topological polar surface area (TPSA) is 151 Å². The molecule has 0 bridgehead atoms. The van der Waals surface area contributed by atoms with Gasteiger partial charge in [0.15, 0.2) is 0 Å². The zero-order chi connectivity index (χ0) is 25.8. The zero-order valence-corrected chi connectivity index (χ0v) is 20.2. The van der Waals surface area contributed by atoms with E-state index in [4.69, 9.17) is 5.73 Å². The smallest absolute Gasteiger partial charge is 0.312 e. The number of primary amides is 1. The minimum Gasteiger partial charge on any atom is -0.352 e. The van der Waals surface area contributed by atoms with Gasteiger partial charge in [-0.05, 0) is 54.6 Å². The van der Waals surface area contributed by atoms with Gasteiger partial charge in [0.2, 0.25) is 17.6 Å². The summed E-state index contributed by atoms with van der Waals surface area (Å²) in [6.07, 6.45) is 5.36. The number of Topliss-reactive ketones (excluding diaryl/α,β-unsaturated/α-hetero) is 1. The molecular formula is C26H33N5O5. The molecule has 2 aliphatic carbocycles. The third-order valence-electron chi connectivity index (χ3n) is 7.64. The number of hydrogen-bond donors (Lipinski definition) is 4. The Labute approximate surface area is 210 Å². The summed E-state index contributed by atoms with van der Waals surface area (Å²) >= 11 is 0. The van der Waals surface area contributed by atoms with E-state index in [9.17, 15) is 24.0 Å². The molecule has 2 fully saturated rings. The van der Waals surface area contributed by atoms with E-state index in [2.05, 4.69) is 22.5 Å². The number of hydrogen-bond acceptors (Lipinski definition) is 5. The zero-order valence-electron chi connectivity index (χ0n) is 20.2. The van der Waals surface area contributed by atoms with Gasteiger partial charge in [-0.25, -0.2) is 4.79 Å². The van der Waals surface area contributed by atoms with Gasteiger partial charge in [0.25, 0.3) is 5.91 Å². The predicted octanol–water partition coefficient (Wildman–Crippen LogP) is 0.0529. The number of likely N-dealkylation sites (tertiary alicyclic amines) is 1. The summed E-state index contributed by atoms with van der Waals surface area (Å²) in [6.45, 7) is 3.57. The fourth-order valence-corrected chi connectivity index (χ4v) is 6.03. The van der Waals surface area contributed by atoms with Gasteiger partial charge in [-0.15, -0.1) is 6.58 Å². The van der Waals surface area contributed by atoms with Crippen LogP contribution in [-0.4, -0.2) is 66.2 Å². The highest BCUT2D eigenvalue weighted by molar-refractivity contribution is 6.37. The Balaban J connectivity index is 1.49. The molecule has 0 radical (unpaired) electrons. The number of fused-ring (bicyclic) bond motifs is 2. The lowest BCUT2D eigenvalue weighted by atomic mass is 9.92. The molecule has 1 heterocycles. The van der Waals surface area contributed by atoms with Crippen molar-refractivity contribution < 1.29 is 24.0 Å². The lowest BCUT2D eigenvalue weighted by Crippen LogP contribution is -2.58. The van der Waals surface area contributed by atoms with Crippen LogP contribution in [0.3, 0.4) is 0 Å². The number of ketones is 1. The van der Waals surface area contributed by atoms with Gasteiger partial charge < -0.3 is 26.6 Å². The quantitative estimate of drug-likeness (QED) is 0.282. The summed E-state index contributed by atoms with van der Waals surface area (Å²) in [4.78, 5) is 64.5. The highest BCUT2D eigenvalue weighted by Gasteiger charge is 2.51. The molecule has 0 unspecified atom stereocenters. The molecule has 10 heteroatoms. The second kappa shape index (κ2) is 10.9. The third-order valence-corrected chi connectivity index (χ3v) is 7.64. The van der Waals surface area contributed by atoms with Crippen molar-refractivity contribution in [1.82, 2.24) is 20.9 Å². The summed E-state index contributed by atoms with van der Waals surface area (Å²) in [5.74, 6) is -2.42. The van der Waals surface area contributed by atoms with Crippen LogP contribution in [0.1, 0.15) is 30.4 Å². The van der Waals surface area contributed by atoms with Crippen LogP contribution < -0.4 is 21.7 Å². The second-order valence-electron chi connectivity index (χ2n) is 9.85. The molecule has 1 aliphatic heterocycles. The minimum absolute atomic E-state index is 0.0337. The highest BCUT2D eigenvalue weighted by atomic mass is 16.2. The Morgan fingerprint density at radius 1 is 1.08 bits per heavy atom. The highest BCUT2D eigenvalue weighted by Crippen LogP contribution is 2.43. The standard InChI is InChI=1S/C26H33N5O5/c1-2-10-28-23(33)20(32)13-29-24(34)22-19-9-5-8-17(19)14-31(22)25(35)21(30-26(27)36)18-11-15-6-3-4-7-16(15)12-18/h2-4,6-7,17-19,21-22H,1,5,8-14H2,(H,28,33)(H,29,34)(H3,27,30,36)/t17-,19-,21-,22-/m0/s1. The van der Waals surface area contributed by atoms with E-state index in [1.807, 2.05) is 24.3 Å². The molecule has 1 saturated heterocycles. The fourth-order valence-electron chi connectivity index (χ4n) is 6.03. The first-order valence-corrected chi connectivity index (χ1v) is 12.4. The lowest BCUT2D eigenvalue weighted by molar-refractivity contribution is -0.142. The predicted molar refractivity (Wildman–Crippen MR) is 131 cm³/mol. The number of rotatable bonds is 9. The normalized spacial score (nSPS) is 23.3. The van der Waals surface area contributed by atoms with Crippen molar-refractivity contribution in [1.29, 1.82) is 0 Å². The van der Waals surface area contributed by atoms with E-state index in [1.165, 1.54) is 6.08 Å². The van der Waals surface area contributed by atoms with Gasteiger partial charge in [-0.2, -0.15) is 0 Å². The second-order valence-corrected chi connectivity index (χ2v) is 9.85. The van der Waals surface area contributed by atoms with Gasteiger partial charge in [0.05, 0.1) is 6.54 Å². The number of carbonyl (C=O) groups is 5. The van der Waals surface area contributed by atoms with E-state index in [0.29, 0.717) is 19.4 Å². The fraction of sp³-hybridized carbons (Fsp3) is 0.500. The number of amides is 5. The monoisotopic (exact) mass is 495 g/mol. The van der Waals surface area contributed by atoms with Crippen molar-refractivity contribution in [2.24, 2.45) is 23.5 Å². The van der Waals surface area contributed by atoms with Crippen LogP contribution in [0, 0.1) is 17.8 Å².